The predicted octanol–water partition coefficient (Wildman–Crippen LogP) is 2.97. The van der Waals surface area contributed by atoms with E-state index in [2.05, 4.69) is 20.9 Å². The van der Waals surface area contributed by atoms with Crippen LogP contribution in [0.25, 0.3) is 0 Å². The largest absolute Gasteiger partial charge is 0.454 e. The highest BCUT2D eigenvalue weighted by atomic mass is 32.2. The molecule has 0 aliphatic carbocycles. The van der Waals surface area contributed by atoms with Crippen molar-refractivity contribution in [1.29, 1.82) is 0 Å². The van der Waals surface area contributed by atoms with E-state index in [1.807, 2.05) is 12.1 Å². The molecule has 1 heterocycles. The van der Waals surface area contributed by atoms with Gasteiger partial charge in [0.1, 0.15) is 5.82 Å². The first kappa shape index (κ1) is 24.2. The van der Waals surface area contributed by atoms with Gasteiger partial charge < -0.3 is 14.8 Å². The van der Waals surface area contributed by atoms with E-state index in [1.165, 1.54) is 36.4 Å². The number of thiocarbonyl (C=S) groups is 1. The fraction of sp³-hybridized carbons (Fsp3) is 0.130. The minimum atomic E-state index is -4.13. The minimum Gasteiger partial charge on any atom is -0.454 e. The zero-order valence-electron chi connectivity index (χ0n) is 18.4. The number of carbonyl (C=O) groups excluding carboxylic acids is 1. The Hall–Kier alpha value is -3.90. The van der Waals surface area contributed by atoms with Crippen LogP contribution in [0.2, 0.25) is 0 Å². The van der Waals surface area contributed by atoms with Gasteiger partial charge in [0, 0.05) is 12.1 Å². The number of nitrogens with one attached hydrogen (secondary N) is 4. The molecule has 0 saturated carbocycles. The summed E-state index contributed by atoms with van der Waals surface area (Å²) in [7, 11) is -4.13. The van der Waals surface area contributed by atoms with Gasteiger partial charge in [0.15, 0.2) is 16.6 Å². The van der Waals surface area contributed by atoms with Crippen LogP contribution in [0.4, 0.5) is 10.1 Å². The maximum Gasteiger partial charge on any atom is 0.269 e. The third-order valence-corrected chi connectivity index (χ3v) is 6.67. The number of hydrogen-bond donors (Lipinski definition) is 4. The lowest BCUT2D eigenvalue weighted by molar-refractivity contribution is 0.0943. The molecule has 35 heavy (non-hydrogen) atoms. The molecule has 1 aliphatic heterocycles. The molecule has 4 rings (SSSR count). The summed E-state index contributed by atoms with van der Waals surface area (Å²) in [6.45, 7) is 2.21. The molecule has 1 aliphatic rings. The van der Waals surface area contributed by atoms with Gasteiger partial charge in [-0.05, 0) is 66.7 Å². The summed E-state index contributed by atoms with van der Waals surface area (Å²) in [5.41, 5.74) is 6.36. The van der Waals surface area contributed by atoms with Crippen molar-refractivity contribution < 1.29 is 27.1 Å². The van der Waals surface area contributed by atoms with Crippen molar-refractivity contribution >= 4 is 38.9 Å². The molecule has 3 aromatic rings. The summed E-state index contributed by atoms with van der Waals surface area (Å²) < 4.78 is 52.1. The SMILES string of the molecule is Cc1ccc(S(=O)(=O)Nc2ccccc2F)cc1C(=O)NNC(=S)NCc1ccc2c(c1)OCO2. The number of benzene rings is 3. The van der Waals surface area contributed by atoms with E-state index < -0.39 is 21.7 Å². The molecule has 0 aromatic heterocycles. The molecule has 12 heteroatoms. The number of sulfonamides is 1. The highest BCUT2D eigenvalue weighted by Crippen LogP contribution is 2.32. The third-order valence-electron chi connectivity index (χ3n) is 5.06. The molecule has 0 saturated heterocycles. The van der Waals surface area contributed by atoms with Gasteiger partial charge in [-0.15, -0.1) is 0 Å². The molecular formula is C23H21FN4O5S2. The van der Waals surface area contributed by atoms with Crippen LogP contribution in [0.1, 0.15) is 21.5 Å². The molecule has 0 atom stereocenters. The van der Waals surface area contributed by atoms with Gasteiger partial charge in [-0.1, -0.05) is 24.3 Å². The molecule has 4 N–H and O–H groups in total. The van der Waals surface area contributed by atoms with Gasteiger partial charge in [0.25, 0.3) is 15.9 Å². The van der Waals surface area contributed by atoms with Crippen molar-refractivity contribution in [2.24, 2.45) is 0 Å². The van der Waals surface area contributed by atoms with Gasteiger partial charge in [-0.3, -0.25) is 20.4 Å². The van der Waals surface area contributed by atoms with Crippen molar-refractivity contribution in [3.8, 4) is 11.5 Å². The maximum atomic E-state index is 13.9. The van der Waals surface area contributed by atoms with E-state index in [0.29, 0.717) is 23.6 Å². The van der Waals surface area contributed by atoms with E-state index in [0.717, 1.165) is 11.6 Å². The zero-order valence-corrected chi connectivity index (χ0v) is 20.1. The Bertz CT molecular complexity index is 1400. The topological polar surface area (TPSA) is 118 Å². The number of carbonyl (C=O) groups is 1. The van der Waals surface area contributed by atoms with Crippen LogP contribution in [0.3, 0.4) is 0 Å². The smallest absolute Gasteiger partial charge is 0.269 e. The van der Waals surface area contributed by atoms with E-state index in [-0.39, 0.29) is 28.1 Å². The van der Waals surface area contributed by atoms with Crippen LogP contribution in [-0.2, 0) is 16.6 Å². The number of hydrazine groups is 1. The Kier molecular flexibility index (Phi) is 7.03. The predicted molar refractivity (Wildman–Crippen MR) is 131 cm³/mol. The third kappa shape index (κ3) is 5.78. The number of aryl methyl sites for hydroxylation is 1. The number of amides is 1. The van der Waals surface area contributed by atoms with Crippen LogP contribution in [0.15, 0.2) is 65.6 Å². The summed E-state index contributed by atoms with van der Waals surface area (Å²) in [6.07, 6.45) is 0. The normalized spacial score (nSPS) is 12.1. The van der Waals surface area contributed by atoms with E-state index in [4.69, 9.17) is 21.7 Å². The average Bonchev–Trinajstić information content (AvgIpc) is 3.30. The Morgan fingerprint density at radius 2 is 1.80 bits per heavy atom. The van der Waals surface area contributed by atoms with Gasteiger partial charge in [-0.2, -0.15) is 0 Å². The molecule has 0 spiro atoms. The molecule has 0 fully saturated rings. The standard InChI is InChI=1S/C23H21FN4O5S2/c1-14-6-8-16(35(30,31)28-19-5-3-2-4-18(19)24)11-17(14)22(29)26-27-23(34)25-12-15-7-9-20-21(10-15)33-13-32-20/h2-11,28H,12-13H2,1H3,(H,26,29)(H2,25,27,34). The van der Waals surface area contributed by atoms with Gasteiger partial charge in [0.05, 0.1) is 10.6 Å². The van der Waals surface area contributed by atoms with Crippen molar-refractivity contribution in [1.82, 2.24) is 16.2 Å². The van der Waals surface area contributed by atoms with Gasteiger partial charge in [-0.25, -0.2) is 12.8 Å². The first-order valence-electron chi connectivity index (χ1n) is 10.3. The van der Waals surface area contributed by atoms with Crippen molar-refractivity contribution in [3.05, 3.63) is 83.2 Å². The number of anilines is 1. The molecule has 9 nitrogen and oxygen atoms in total. The zero-order chi connectivity index (χ0) is 25.0. The van der Waals surface area contributed by atoms with Gasteiger partial charge in [0.2, 0.25) is 6.79 Å². The quantitative estimate of drug-likeness (QED) is 0.292. The Balaban J connectivity index is 1.37. The minimum absolute atomic E-state index is 0.104. The molecule has 182 valence electrons. The molecular weight excluding hydrogens is 495 g/mol. The number of halogens is 1. The first-order chi connectivity index (χ1) is 16.7. The highest BCUT2D eigenvalue weighted by molar-refractivity contribution is 7.92. The van der Waals surface area contributed by atoms with Crippen LogP contribution in [0.5, 0.6) is 11.5 Å². The second-order valence-electron chi connectivity index (χ2n) is 7.51. The lowest BCUT2D eigenvalue weighted by Gasteiger charge is -2.14. The van der Waals surface area contributed by atoms with Crippen LogP contribution >= 0.6 is 12.2 Å². The number of para-hydroxylation sites is 1. The highest BCUT2D eigenvalue weighted by Gasteiger charge is 2.20. The van der Waals surface area contributed by atoms with E-state index >= 15 is 0 Å². The van der Waals surface area contributed by atoms with Crippen LogP contribution in [0, 0.1) is 12.7 Å². The molecule has 0 unspecified atom stereocenters. The number of fused-ring (bicyclic) bond motifs is 1. The summed E-state index contributed by atoms with van der Waals surface area (Å²) in [6, 6.07) is 14.9. The van der Waals surface area contributed by atoms with E-state index in [1.54, 1.807) is 13.0 Å². The van der Waals surface area contributed by atoms with Gasteiger partial charge >= 0.3 is 0 Å². The first-order valence-corrected chi connectivity index (χ1v) is 12.2. The van der Waals surface area contributed by atoms with Crippen LogP contribution in [-0.4, -0.2) is 26.2 Å². The monoisotopic (exact) mass is 516 g/mol. The maximum absolute atomic E-state index is 13.9. The second kappa shape index (κ2) is 10.2. The number of hydrogen-bond acceptors (Lipinski definition) is 6. The number of ether oxygens (including phenoxy) is 2. The van der Waals surface area contributed by atoms with Crippen molar-refractivity contribution in [2.75, 3.05) is 11.5 Å². The summed E-state index contributed by atoms with van der Waals surface area (Å²) in [5.74, 6) is 0.00139. The fourth-order valence-electron chi connectivity index (χ4n) is 3.22. The van der Waals surface area contributed by atoms with Crippen molar-refractivity contribution in [3.63, 3.8) is 0 Å². The molecule has 0 bridgehead atoms. The average molecular weight is 517 g/mol. The Morgan fingerprint density at radius 1 is 1.03 bits per heavy atom. The van der Waals surface area contributed by atoms with Crippen LogP contribution < -0.4 is 30.4 Å². The fourth-order valence-corrected chi connectivity index (χ4v) is 4.44. The molecule has 0 radical (unpaired) electrons. The Morgan fingerprint density at radius 3 is 2.60 bits per heavy atom. The Labute approximate surface area is 206 Å². The lowest BCUT2D eigenvalue weighted by Crippen LogP contribution is -2.46. The van der Waals surface area contributed by atoms with Crippen molar-refractivity contribution in [2.45, 2.75) is 18.4 Å². The lowest BCUT2D eigenvalue weighted by atomic mass is 10.1. The molecule has 3 aromatic carbocycles. The van der Waals surface area contributed by atoms with E-state index in [9.17, 15) is 17.6 Å². The summed E-state index contributed by atoms with van der Waals surface area (Å²) >= 11 is 5.19. The number of rotatable bonds is 6. The second-order valence-corrected chi connectivity index (χ2v) is 9.60. The summed E-state index contributed by atoms with van der Waals surface area (Å²) in [5, 5.41) is 3.10. The molecule has 1 amide bonds. The summed E-state index contributed by atoms with van der Waals surface area (Å²) in [4.78, 5) is 12.5.